The average molecular weight is 355 g/mol. The summed E-state index contributed by atoms with van der Waals surface area (Å²) >= 11 is 0. The number of hydrogen-bond acceptors (Lipinski definition) is 3. The van der Waals surface area contributed by atoms with E-state index in [4.69, 9.17) is 5.73 Å². The van der Waals surface area contributed by atoms with Crippen molar-refractivity contribution in [2.24, 2.45) is 5.73 Å². The van der Waals surface area contributed by atoms with Crippen molar-refractivity contribution < 1.29 is 9.18 Å². The van der Waals surface area contributed by atoms with Crippen molar-refractivity contribution in [3.8, 4) is 0 Å². The molecule has 0 radical (unpaired) electrons. The zero-order valence-corrected chi connectivity index (χ0v) is 14.9. The molecule has 2 aromatic rings. The third-order valence-electron chi connectivity index (χ3n) is 4.86. The molecule has 1 saturated heterocycles. The minimum Gasteiger partial charge on any atom is -0.337 e. The summed E-state index contributed by atoms with van der Waals surface area (Å²) < 4.78 is 13.8. The van der Waals surface area contributed by atoms with E-state index in [9.17, 15) is 9.18 Å². The summed E-state index contributed by atoms with van der Waals surface area (Å²) in [4.78, 5) is 14.7. The highest BCUT2D eigenvalue weighted by Crippen LogP contribution is 2.15. The van der Waals surface area contributed by atoms with Crippen molar-refractivity contribution in [3.63, 3.8) is 0 Å². The number of benzene rings is 2. The molecular formula is C21H26FN3O. The quantitative estimate of drug-likeness (QED) is 0.835. The van der Waals surface area contributed by atoms with Crippen LogP contribution in [0, 0.1) is 5.82 Å². The van der Waals surface area contributed by atoms with Gasteiger partial charge >= 0.3 is 0 Å². The number of halogens is 1. The van der Waals surface area contributed by atoms with Gasteiger partial charge in [-0.3, -0.25) is 4.79 Å². The fraction of sp³-hybridized carbons (Fsp3) is 0.381. The lowest BCUT2D eigenvalue weighted by Crippen LogP contribution is -2.55. The van der Waals surface area contributed by atoms with E-state index in [2.05, 4.69) is 17.4 Å². The summed E-state index contributed by atoms with van der Waals surface area (Å²) in [6.45, 7) is 2.26. The third kappa shape index (κ3) is 4.90. The Morgan fingerprint density at radius 1 is 1.19 bits per heavy atom. The fourth-order valence-electron chi connectivity index (χ4n) is 3.52. The van der Waals surface area contributed by atoms with Crippen LogP contribution in [0.2, 0.25) is 0 Å². The van der Waals surface area contributed by atoms with E-state index >= 15 is 0 Å². The van der Waals surface area contributed by atoms with Gasteiger partial charge in [0.1, 0.15) is 5.82 Å². The molecule has 5 heteroatoms. The van der Waals surface area contributed by atoms with E-state index < -0.39 is 0 Å². The van der Waals surface area contributed by atoms with Crippen LogP contribution < -0.4 is 11.1 Å². The minimum atomic E-state index is -0.383. The maximum absolute atomic E-state index is 13.8. The van der Waals surface area contributed by atoms with Gasteiger partial charge in [-0.25, -0.2) is 4.39 Å². The van der Waals surface area contributed by atoms with Gasteiger partial charge in [0.15, 0.2) is 0 Å². The standard InChI is InChI=1S/C21H26FN3O/c22-20-9-5-4-8-17(20)13-18(23)14-21(26)25-11-10-24-15-19(25)12-16-6-2-1-3-7-16/h1-9,18-19,24H,10-15,23H2/t18-,19?/m1/s1. The minimum absolute atomic E-state index is 0.0521. The summed E-state index contributed by atoms with van der Waals surface area (Å²) in [5.74, 6) is -0.212. The number of nitrogens with two attached hydrogens (primary N) is 1. The molecule has 0 aromatic heterocycles. The Bertz CT molecular complexity index is 722. The smallest absolute Gasteiger partial charge is 0.224 e. The van der Waals surface area contributed by atoms with Crippen LogP contribution in [0.25, 0.3) is 0 Å². The SMILES string of the molecule is N[C@@H](CC(=O)N1CCNCC1Cc1ccccc1)Cc1ccccc1F. The van der Waals surface area contributed by atoms with Crippen LogP contribution >= 0.6 is 0 Å². The largest absolute Gasteiger partial charge is 0.337 e. The first-order chi connectivity index (χ1) is 12.6. The summed E-state index contributed by atoms with van der Waals surface area (Å²) in [5, 5.41) is 3.37. The number of hydrogen-bond donors (Lipinski definition) is 2. The average Bonchev–Trinajstić information content (AvgIpc) is 2.65. The third-order valence-corrected chi connectivity index (χ3v) is 4.86. The van der Waals surface area contributed by atoms with Crippen molar-refractivity contribution in [2.45, 2.75) is 31.3 Å². The van der Waals surface area contributed by atoms with Gasteiger partial charge in [0, 0.05) is 38.1 Å². The molecule has 1 aliphatic heterocycles. The van der Waals surface area contributed by atoms with Crippen LogP contribution in [0.4, 0.5) is 4.39 Å². The van der Waals surface area contributed by atoms with E-state index in [1.807, 2.05) is 23.1 Å². The second-order valence-corrected chi connectivity index (χ2v) is 6.89. The van der Waals surface area contributed by atoms with Crippen molar-refractivity contribution in [1.82, 2.24) is 10.2 Å². The Morgan fingerprint density at radius 3 is 2.69 bits per heavy atom. The topological polar surface area (TPSA) is 58.4 Å². The van der Waals surface area contributed by atoms with Gasteiger partial charge in [-0.15, -0.1) is 0 Å². The highest BCUT2D eigenvalue weighted by Gasteiger charge is 2.27. The lowest BCUT2D eigenvalue weighted by atomic mass is 10.00. The Morgan fingerprint density at radius 2 is 1.92 bits per heavy atom. The Hall–Kier alpha value is -2.24. The van der Waals surface area contributed by atoms with Crippen LogP contribution in [0.3, 0.4) is 0 Å². The first kappa shape index (κ1) is 18.5. The maximum atomic E-state index is 13.8. The zero-order chi connectivity index (χ0) is 18.4. The van der Waals surface area contributed by atoms with E-state index in [1.165, 1.54) is 11.6 Å². The fourth-order valence-corrected chi connectivity index (χ4v) is 3.52. The number of carbonyl (C=O) groups excluding carboxylic acids is 1. The van der Waals surface area contributed by atoms with Gasteiger partial charge in [-0.2, -0.15) is 0 Å². The van der Waals surface area contributed by atoms with Gasteiger partial charge in [-0.1, -0.05) is 48.5 Å². The second-order valence-electron chi connectivity index (χ2n) is 6.89. The molecule has 1 heterocycles. The zero-order valence-electron chi connectivity index (χ0n) is 14.9. The summed E-state index contributed by atoms with van der Waals surface area (Å²) in [6, 6.07) is 16.5. The number of amides is 1. The number of carbonyl (C=O) groups is 1. The Balaban J connectivity index is 1.60. The number of rotatable bonds is 6. The van der Waals surface area contributed by atoms with Crippen LogP contribution in [-0.2, 0) is 17.6 Å². The molecule has 0 aliphatic carbocycles. The van der Waals surface area contributed by atoms with E-state index in [0.29, 0.717) is 18.5 Å². The molecule has 3 rings (SSSR count). The molecule has 1 fully saturated rings. The van der Waals surface area contributed by atoms with Crippen LogP contribution in [0.15, 0.2) is 54.6 Å². The maximum Gasteiger partial charge on any atom is 0.224 e. The van der Waals surface area contributed by atoms with Crippen molar-refractivity contribution >= 4 is 5.91 Å². The second kappa shape index (κ2) is 8.92. The Labute approximate surface area is 154 Å². The van der Waals surface area contributed by atoms with Gasteiger partial charge < -0.3 is 16.0 Å². The Kier molecular flexibility index (Phi) is 6.36. The van der Waals surface area contributed by atoms with Crippen molar-refractivity contribution in [3.05, 3.63) is 71.5 Å². The van der Waals surface area contributed by atoms with E-state index in [-0.39, 0.29) is 30.2 Å². The molecule has 1 aliphatic rings. The highest BCUT2D eigenvalue weighted by atomic mass is 19.1. The lowest BCUT2D eigenvalue weighted by molar-refractivity contribution is -0.134. The first-order valence-corrected chi connectivity index (χ1v) is 9.16. The van der Waals surface area contributed by atoms with E-state index in [0.717, 1.165) is 19.5 Å². The molecule has 0 spiro atoms. The van der Waals surface area contributed by atoms with E-state index in [1.54, 1.807) is 18.2 Å². The molecule has 1 unspecified atom stereocenters. The molecule has 0 saturated carbocycles. The number of nitrogens with one attached hydrogen (secondary N) is 1. The van der Waals surface area contributed by atoms with Crippen LogP contribution in [-0.4, -0.2) is 42.5 Å². The molecule has 4 nitrogen and oxygen atoms in total. The summed E-state index contributed by atoms with van der Waals surface area (Å²) in [5.41, 5.74) is 7.93. The molecule has 3 N–H and O–H groups in total. The highest BCUT2D eigenvalue weighted by molar-refractivity contribution is 5.77. The first-order valence-electron chi connectivity index (χ1n) is 9.16. The molecule has 26 heavy (non-hydrogen) atoms. The lowest BCUT2D eigenvalue weighted by Gasteiger charge is -2.37. The number of nitrogens with zero attached hydrogens (tertiary/aromatic N) is 1. The molecule has 0 bridgehead atoms. The predicted molar refractivity (Wildman–Crippen MR) is 101 cm³/mol. The molecular weight excluding hydrogens is 329 g/mol. The molecule has 2 atom stereocenters. The summed E-state index contributed by atoms with van der Waals surface area (Å²) in [7, 11) is 0. The van der Waals surface area contributed by atoms with Crippen molar-refractivity contribution in [1.29, 1.82) is 0 Å². The van der Waals surface area contributed by atoms with Gasteiger partial charge in [0.2, 0.25) is 5.91 Å². The molecule has 1 amide bonds. The predicted octanol–water partition coefficient (Wildman–Crippen LogP) is 2.13. The van der Waals surface area contributed by atoms with Gasteiger partial charge in [0.25, 0.3) is 0 Å². The summed E-state index contributed by atoms with van der Waals surface area (Å²) in [6.07, 6.45) is 1.43. The normalized spacial score (nSPS) is 18.5. The monoisotopic (exact) mass is 355 g/mol. The van der Waals surface area contributed by atoms with Crippen molar-refractivity contribution in [2.75, 3.05) is 19.6 Å². The van der Waals surface area contributed by atoms with Crippen LogP contribution in [0.5, 0.6) is 0 Å². The van der Waals surface area contributed by atoms with Gasteiger partial charge in [0.05, 0.1) is 0 Å². The number of piperazine rings is 1. The molecule has 2 aromatic carbocycles. The van der Waals surface area contributed by atoms with Crippen LogP contribution in [0.1, 0.15) is 17.5 Å². The van der Waals surface area contributed by atoms with Gasteiger partial charge in [-0.05, 0) is 30.0 Å². The molecule has 138 valence electrons.